The van der Waals surface area contributed by atoms with Gasteiger partial charge in [0.15, 0.2) is 0 Å². The highest BCUT2D eigenvalue weighted by atomic mass is 16.5. The second kappa shape index (κ2) is 9.62. The van der Waals surface area contributed by atoms with Crippen LogP contribution in [0.5, 0.6) is 5.75 Å². The van der Waals surface area contributed by atoms with Gasteiger partial charge in [-0.3, -0.25) is 9.59 Å². The van der Waals surface area contributed by atoms with Crippen molar-refractivity contribution in [3.8, 4) is 5.75 Å². The van der Waals surface area contributed by atoms with Gasteiger partial charge in [0.25, 0.3) is 0 Å². The van der Waals surface area contributed by atoms with Crippen LogP contribution in [-0.4, -0.2) is 24.5 Å². The summed E-state index contributed by atoms with van der Waals surface area (Å²) in [5, 5.41) is 8.82. The van der Waals surface area contributed by atoms with Gasteiger partial charge < -0.3 is 20.7 Å². The average Bonchev–Trinajstić information content (AvgIpc) is 2.62. The number of carbonyl (C=O) groups is 2. The standard InChI is InChI=1S/C21H27N3O3/c1-5-20(25)24-19-11-7-10-18(15(19)4)22-13-21(26)23-16-8-6-9-17(12-16)27-14(2)3/h6-12,14,22H,5,13H2,1-4H3,(H,23,26)(H,24,25). The third-order valence-corrected chi connectivity index (χ3v) is 3.86. The molecule has 0 aliphatic heterocycles. The van der Waals surface area contributed by atoms with Crippen LogP contribution in [0.2, 0.25) is 0 Å². The lowest BCUT2D eigenvalue weighted by molar-refractivity contribution is -0.116. The van der Waals surface area contributed by atoms with E-state index in [1.807, 2.05) is 57.2 Å². The fraction of sp³-hybridized carbons (Fsp3) is 0.333. The lowest BCUT2D eigenvalue weighted by Crippen LogP contribution is -2.22. The Morgan fingerprint density at radius 1 is 1.00 bits per heavy atom. The van der Waals surface area contributed by atoms with E-state index in [9.17, 15) is 9.59 Å². The molecule has 0 saturated heterocycles. The predicted molar refractivity (Wildman–Crippen MR) is 109 cm³/mol. The Kier molecular flexibility index (Phi) is 7.23. The molecular formula is C21H27N3O3. The molecule has 0 heterocycles. The van der Waals surface area contributed by atoms with Crippen LogP contribution in [0.1, 0.15) is 32.8 Å². The molecule has 0 aromatic heterocycles. The van der Waals surface area contributed by atoms with Crippen LogP contribution in [0.3, 0.4) is 0 Å². The maximum atomic E-state index is 12.3. The molecule has 2 aromatic carbocycles. The molecule has 27 heavy (non-hydrogen) atoms. The van der Waals surface area contributed by atoms with Crippen LogP contribution in [0.25, 0.3) is 0 Å². The van der Waals surface area contributed by atoms with E-state index in [1.165, 1.54) is 0 Å². The third kappa shape index (κ3) is 6.33. The molecule has 0 saturated carbocycles. The fourth-order valence-corrected chi connectivity index (χ4v) is 2.50. The van der Waals surface area contributed by atoms with Crippen molar-refractivity contribution in [1.82, 2.24) is 0 Å². The van der Waals surface area contributed by atoms with Gasteiger partial charge in [-0.2, -0.15) is 0 Å². The van der Waals surface area contributed by atoms with Gasteiger partial charge in [0.2, 0.25) is 11.8 Å². The summed E-state index contributed by atoms with van der Waals surface area (Å²) in [5.74, 6) is 0.501. The van der Waals surface area contributed by atoms with Crippen LogP contribution in [0.15, 0.2) is 42.5 Å². The number of hydrogen-bond donors (Lipinski definition) is 3. The van der Waals surface area contributed by atoms with Crippen molar-refractivity contribution < 1.29 is 14.3 Å². The topological polar surface area (TPSA) is 79.5 Å². The maximum Gasteiger partial charge on any atom is 0.243 e. The monoisotopic (exact) mass is 369 g/mol. The van der Waals surface area contributed by atoms with E-state index >= 15 is 0 Å². The van der Waals surface area contributed by atoms with E-state index in [-0.39, 0.29) is 24.5 Å². The van der Waals surface area contributed by atoms with E-state index < -0.39 is 0 Å². The zero-order valence-electron chi connectivity index (χ0n) is 16.3. The molecule has 0 spiro atoms. The molecule has 0 fully saturated rings. The van der Waals surface area contributed by atoms with Gasteiger partial charge in [-0.25, -0.2) is 0 Å². The molecule has 6 nitrogen and oxygen atoms in total. The molecule has 0 radical (unpaired) electrons. The van der Waals surface area contributed by atoms with Gasteiger partial charge >= 0.3 is 0 Å². The second-order valence-electron chi connectivity index (χ2n) is 6.48. The van der Waals surface area contributed by atoms with Crippen LogP contribution in [0.4, 0.5) is 17.1 Å². The van der Waals surface area contributed by atoms with E-state index in [1.54, 1.807) is 13.0 Å². The summed E-state index contributed by atoms with van der Waals surface area (Å²) in [5.41, 5.74) is 3.11. The summed E-state index contributed by atoms with van der Waals surface area (Å²) in [7, 11) is 0. The Bertz CT molecular complexity index is 803. The Balaban J connectivity index is 1.96. The van der Waals surface area contributed by atoms with Crippen LogP contribution in [-0.2, 0) is 9.59 Å². The molecule has 144 valence electrons. The van der Waals surface area contributed by atoms with Crippen molar-refractivity contribution in [2.75, 3.05) is 22.5 Å². The minimum atomic E-state index is -0.168. The van der Waals surface area contributed by atoms with Crippen molar-refractivity contribution in [3.05, 3.63) is 48.0 Å². The highest BCUT2D eigenvalue weighted by Gasteiger charge is 2.09. The van der Waals surface area contributed by atoms with E-state index in [2.05, 4.69) is 16.0 Å². The molecule has 0 atom stereocenters. The molecule has 0 aliphatic carbocycles. The third-order valence-electron chi connectivity index (χ3n) is 3.86. The lowest BCUT2D eigenvalue weighted by Gasteiger charge is -2.14. The van der Waals surface area contributed by atoms with Gasteiger partial charge in [0.05, 0.1) is 12.6 Å². The molecule has 0 unspecified atom stereocenters. The molecule has 6 heteroatoms. The molecule has 2 aromatic rings. The van der Waals surface area contributed by atoms with Gasteiger partial charge in [-0.1, -0.05) is 19.1 Å². The highest BCUT2D eigenvalue weighted by molar-refractivity contribution is 5.95. The molecule has 2 amide bonds. The first kappa shape index (κ1) is 20.3. The first-order valence-electron chi connectivity index (χ1n) is 9.09. The van der Waals surface area contributed by atoms with E-state index in [0.29, 0.717) is 17.9 Å². The Hall–Kier alpha value is -3.02. The second-order valence-corrected chi connectivity index (χ2v) is 6.48. The summed E-state index contributed by atoms with van der Waals surface area (Å²) >= 11 is 0. The summed E-state index contributed by atoms with van der Waals surface area (Å²) < 4.78 is 5.63. The quantitative estimate of drug-likeness (QED) is 0.652. The van der Waals surface area contributed by atoms with Crippen molar-refractivity contribution in [2.45, 2.75) is 40.2 Å². The Morgan fingerprint density at radius 2 is 1.70 bits per heavy atom. The van der Waals surface area contributed by atoms with Gasteiger partial charge in [-0.15, -0.1) is 0 Å². The molecular weight excluding hydrogens is 342 g/mol. The molecule has 0 bridgehead atoms. The van der Waals surface area contributed by atoms with Crippen molar-refractivity contribution >= 4 is 28.9 Å². The maximum absolute atomic E-state index is 12.3. The van der Waals surface area contributed by atoms with E-state index in [4.69, 9.17) is 4.74 Å². The normalized spacial score (nSPS) is 10.4. The number of rotatable bonds is 8. The van der Waals surface area contributed by atoms with Crippen molar-refractivity contribution in [2.24, 2.45) is 0 Å². The van der Waals surface area contributed by atoms with Gasteiger partial charge in [0.1, 0.15) is 5.75 Å². The SMILES string of the molecule is CCC(=O)Nc1cccc(NCC(=O)Nc2cccc(OC(C)C)c2)c1C. The number of benzene rings is 2. The summed E-state index contributed by atoms with van der Waals surface area (Å²) in [4.78, 5) is 23.9. The predicted octanol–water partition coefficient (Wildman–Crippen LogP) is 4.18. The number of nitrogens with one attached hydrogen (secondary N) is 3. The summed E-state index contributed by atoms with van der Waals surface area (Å²) in [6.07, 6.45) is 0.486. The first-order chi connectivity index (χ1) is 12.9. The van der Waals surface area contributed by atoms with Crippen molar-refractivity contribution in [3.63, 3.8) is 0 Å². The summed E-state index contributed by atoms with van der Waals surface area (Å²) in [6.45, 7) is 7.72. The van der Waals surface area contributed by atoms with Crippen molar-refractivity contribution in [1.29, 1.82) is 0 Å². The van der Waals surface area contributed by atoms with Crippen LogP contribution >= 0.6 is 0 Å². The average molecular weight is 369 g/mol. The van der Waals surface area contributed by atoms with Crippen LogP contribution < -0.4 is 20.7 Å². The Labute approximate surface area is 160 Å². The fourth-order valence-electron chi connectivity index (χ4n) is 2.50. The number of anilines is 3. The highest BCUT2D eigenvalue weighted by Crippen LogP contribution is 2.23. The number of amides is 2. The molecule has 2 rings (SSSR count). The zero-order chi connectivity index (χ0) is 19.8. The van der Waals surface area contributed by atoms with Gasteiger partial charge in [0, 0.05) is 29.5 Å². The number of carbonyl (C=O) groups excluding carboxylic acids is 2. The molecule has 0 aliphatic rings. The minimum Gasteiger partial charge on any atom is -0.491 e. The minimum absolute atomic E-state index is 0.0449. The molecule has 3 N–H and O–H groups in total. The largest absolute Gasteiger partial charge is 0.491 e. The zero-order valence-corrected chi connectivity index (χ0v) is 16.3. The first-order valence-corrected chi connectivity index (χ1v) is 9.09. The lowest BCUT2D eigenvalue weighted by atomic mass is 10.1. The number of hydrogen-bond acceptors (Lipinski definition) is 4. The Morgan fingerprint density at radius 3 is 2.41 bits per heavy atom. The van der Waals surface area contributed by atoms with E-state index in [0.717, 1.165) is 16.9 Å². The van der Waals surface area contributed by atoms with Crippen LogP contribution in [0, 0.1) is 6.92 Å². The number of ether oxygens (including phenoxy) is 1. The van der Waals surface area contributed by atoms with Gasteiger partial charge in [-0.05, 0) is 50.6 Å². The smallest absolute Gasteiger partial charge is 0.243 e. The summed E-state index contributed by atoms with van der Waals surface area (Å²) in [6, 6.07) is 12.9.